The van der Waals surface area contributed by atoms with Crippen LogP contribution in [0.15, 0.2) is 0 Å². The van der Waals surface area contributed by atoms with E-state index in [9.17, 15) is 14.0 Å². The van der Waals surface area contributed by atoms with Gasteiger partial charge in [-0.3, -0.25) is 0 Å². The van der Waals surface area contributed by atoms with Crippen molar-refractivity contribution in [3.8, 4) is 0 Å². The summed E-state index contributed by atoms with van der Waals surface area (Å²) in [7, 11) is 0. The molecule has 0 aliphatic heterocycles. The number of nitrogens with two attached hydrogens (primary N) is 1. The van der Waals surface area contributed by atoms with Crippen molar-refractivity contribution in [3.05, 3.63) is 0 Å². The summed E-state index contributed by atoms with van der Waals surface area (Å²) in [6.45, 7) is 0. The molecule has 0 aliphatic carbocycles. The van der Waals surface area contributed by atoms with Gasteiger partial charge >= 0.3 is 12.0 Å². The van der Waals surface area contributed by atoms with Crippen molar-refractivity contribution in [1.82, 2.24) is 5.32 Å². The lowest BCUT2D eigenvalue weighted by Crippen LogP contribution is -2.46. The Balaban J connectivity index is 3.92. The van der Waals surface area contributed by atoms with Crippen LogP contribution in [-0.4, -0.2) is 34.6 Å². The molecule has 2 amide bonds. The van der Waals surface area contributed by atoms with E-state index in [0.717, 1.165) is 0 Å². The van der Waals surface area contributed by atoms with Crippen molar-refractivity contribution in [1.29, 1.82) is 0 Å². The number of hydrogen-bond acceptors (Lipinski definition) is 3. The third-order valence-corrected chi connectivity index (χ3v) is 0.803. The number of carboxylic acid groups (broad SMARTS) is 1. The Labute approximate surface area is 60.8 Å². The molecule has 0 rings (SSSR count). The molecule has 0 heterocycles. The molecule has 0 fully saturated rings. The zero-order valence-electron chi connectivity index (χ0n) is 5.32. The number of carbonyl (C=O) groups excluding carboxylic acids is 1. The normalized spacial score (nSPS) is 15.1. The van der Waals surface area contributed by atoms with Crippen LogP contribution in [-0.2, 0) is 4.79 Å². The van der Waals surface area contributed by atoms with Gasteiger partial charge in [0.1, 0.15) is 0 Å². The highest BCUT2D eigenvalue weighted by molar-refractivity contribution is 5.76. The van der Waals surface area contributed by atoms with Crippen LogP contribution in [0.5, 0.6) is 0 Å². The van der Waals surface area contributed by atoms with Crippen LogP contribution in [0.2, 0.25) is 0 Å². The van der Waals surface area contributed by atoms with Gasteiger partial charge in [0.25, 0.3) is 0 Å². The Bertz CT molecular complexity index is 173. The van der Waals surface area contributed by atoms with Gasteiger partial charge in [-0.1, -0.05) is 0 Å². The minimum atomic E-state index is -2.57. The van der Waals surface area contributed by atoms with Gasteiger partial charge in [0, 0.05) is 0 Å². The minimum absolute atomic E-state index is 1.19. The molecule has 5 N–H and O–H groups in total. The fraction of sp³-hybridized carbons (Fsp3) is 0.500. The predicted octanol–water partition coefficient (Wildman–Crippen LogP) is -1.60. The van der Waals surface area contributed by atoms with Crippen molar-refractivity contribution >= 4 is 12.0 Å². The fourth-order valence-corrected chi connectivity index (χ4v) is 0.354. The molecule has 0 unspecified atom stereocenters. The van der Waals surface area contributed by atoms with E-state index in [4.69, 9.17) is 10.2 Å². The standard InChI is InChI=1S/C4H7FN2O4/c5-1(3(9)10)2(8)7-4(6)11/h1-2,8H,(H,9,10)(H3,6,7,11)/t1-,2-/m1/s1. The number of primary amides is 1. The zero-order valence-corrected chi connectivity index (χ0v) is 5.32. The second kappa shape index (κ2) is 3.71. The number of aliphatic hydroxyl groups is 1. The quantitative estimate of drug-likeness (QED) is 0.378. The Morgan fingerprint density at radius 1 is 1.55 bits per heavy atom. The molecule has 0 aromatic carbocycles. The highest BCUT2D eigenvalue weighted by Crippen LogP contribution is 1.95. The molecular formula is C4H7FN2O4. The van der Waals surface area contributed by atoms with Gasteiger partial charge in [0.2, 0.25) is 6.17 Å². The highest BCUT2D eigenvalue weighted by atomic mass is 19.1. The summed E-state index contributed by atoms with van der Waals surface area (Å²) >= 11 is 0. The monoisotopic (exact) mass is 166 g/mol. The van der Waals surface area contributed by atoms with E-state index in [1.165, 1.54) is 5.32 Å². The van der Waals surface area contributed by atoms with Crippen LogP contribution >= 0.6 is 0 Å². The molecule has 0 bridgehead atoms. The highest BCUT2D eigenvalue weighted by Gasteiger charge is 2.26. The lowest BCUT2D eigenvalue weighted by Gasteiger charge is -2.11. The van der Waals surface area contributed by atoms with Gasteiger partial charge in [-0.25, -0.2) is 14.0 Å². The maximum atomic E-state index is 12.2. The van der Waals surface area contributed by atoms with Crippen LogP contribution in [0.1, 0.15) is 0 Å². The van der Waals surface area contributed by atoms with Gasteiger partial charge < -0.3 is 21.3 Å². The molecule has 0 aromatic rings. The van der Waals surface area contributed by atoms with Crippen LogP contribution in [0.25, 0.3) is 0 Å². The van der Waals surface area contributed by atoms with Crippen LogP contribution in [0, 0.1) is 0 Å². The van der Waals surface area contributed by atoms with E-state index in [1.807, 2.05) is 0 Å². The average Bonchev–Trinajstić information content (AvgIpc) is 1.84. The summed E-state index contributed by atoms with van der Waals surface area (Å²) in [4.78, 5) is 19.7. The van der Waals surface area contributed by atoms with E-state index in [1.54, 1.807) is 0 Å². The van der Waals surface area contributed by atoms with E-state index >= 15 is 0 Å². The first-order valence-electron chi connectivity index (χ1n) is 2.56. The number of alkyl halides is 1. The average molecular weight is 166 g/mol. The molecule has 64 valence electrons. The number of aliphatic carboxylic acids is 1. The number of hydrogen-bond donors (Lipinski definition) is 4. The summed E-state index contributed by atoms with van der Waals surface area (Å²) in [5.74, 6) is -1.87. The number of aliphatic hydroxyl groups excluding tert-OH is 1. The molecule has 0 saturated carbocycles. The number of amides is 2. The molecule has 2 atom stereocenters. The van der Waals surface area contributed by atoms with Crippen molar-refractivity contribution in [2.24, 2.45) is 5.73 Å². The second-order valence-electron chi connectivity index (χ2n) is 1.69. The van der Waals surface area contributed by atoms with Crippen LogP contribution < -0.4 is 11.1 Å². The molecule has 0 saturated heterocycles. The lowest BCUT2D eigenvalue weighted by molar-refractivity contribution is -0.147. The topological polar surface area (TPSA) is 113 Å². The Morgan fingerprint density at radius 3 is 2.27 bits per heavy atom. The minimum Gasteiger partial charge on any atom is -0.479 e. The summed E-state index contributed by atoms with van der Waals surface area (Å²) < 4.78 is 12.2. The smallest absolute Gasteiger partial charge is 0.343 e. The van der Waals surface area contributed by atoms with Gasteiger partial charge in [0.15, 0.2) is 6.23 Å². The molecule has 0 radical (unpaired) electrons. The van der Waals surface area contributed by atoms with Crippen LogP contribution in [0.3, 0.4) is 0 Å². The predicted molar refractivity (Wildman–Crippen MR) is 31.3 cm³/mol. The first kappa shape index (κ1) is 9.63. The lowest BCUT2D eigenvalue weighted by atomic mass is 10.3. The van der Waals surface area contributed by atoms with Crippen molar-refractivity contribution in [2.75, 3.05) is 0 Å². The van der Waals surface area contributed by atoms with Gasteiger partial charge in [-0.15, -0.1) is 0 Å². The first-order valence-corrected chi connectivity index (χ1v) is 2.56. The fourth-order valence-electron chi connectivity index (χ4n) is 0.354. The largest absolute Gasteiger partial charge is 0.479 e. The molecule has 0 spiro atoms. The molecule has 11 heavy (non-hydrogen) atoms. The van der Waals surface area contributed by atoms with Crippen molar-refractivity contribution < 1.29 is 24.2 Å². The SMILES string of the molecule is NC(=O)N[C@H](O)[C@@H](F)C(=O)O. The van der Waals surface area contributed by atoms with Gasteiger partial charge in [-0.2, -0.15) is 0 Å². The molecule has 7 heteroatoms. The van der Waals surface area contributed by atoms with Gasteiger partial charge in [-0.05, 0) is 0 Å². The Hall–Kier alpha value is -1.37. The molecule has 0 aliphatic rings. The van der Waals surface area contributed by atoms with E-state index < -0.39 is 24.4 Å². The van der Waals surface area contributed by atoms with Crippen molar-refractivity contribution in [3.63, 3.8) is 0 Å². The molecular weight excluding hydrogens is 159 g/mol. The number of halogens is 1. The summed E-state index contributed by atoms with van der Waals surface area (Å²) in [6.07, 6.45) is -4.67. The summed E-state index contributed by atoms with van der Waals surface area (Å²) in [5.41, 5.74) is 4.46. The third kappa shape index (κ3) is 3.36. The van der Waals surface area contributed by atoms with E-state index in [2.05, 4.69) is 5.73 Å². The number of carbonyl (C=O) groups is 2. The molecule has 0 aromatic heterocycles. The Kier molecular flexibility index (Phi) is 3.25. The second-order valence-corrected chi connectivity index (χ2v) is 1.69. The van der Waals surface area contributed by atoms with E-state index in [0.29, 0.717) is 0 Å². The Morgan fingerprint density at radius 2 is 2.00 bits per heavy atom. The first-order chi connectivity index (χ1) is 4.95. The van der Waals surface area contributed by atoms with Crippen LogP contribution in [0.4, 0.5) is 9.18 Å². The van der Waals surface area contributed by atoms with Gasteiger partial charge in [0.05, 0.1) is 0 Å². The number of urea groups is 1. The maximum Gasteiger partial charge on any atom is 0.343 e. The number of carboxylic acids is 1. The number of rotatable bonds is 3. The third-order valence-electron chi connectivity index (χ3n) is 0.803. The zero-order chi connectivity index (χ0) is 9.02. The van der Waals surface area contributed by atoms with Crippen molar-refractivity contribution in [2.45, 2.75) is 12.4 Å². The molecule has 6 nitrogen and oxygen atoms in total. The van der Waals surface area contributed by atoms with E-state index in [-0.39, 0.29) is 0 Å². The maximum absolute atomic E-state index is 12.2. The number of nitrogens with one attached hydrogen (secondary N) is 1. The summed E-state index contributed by atoms with van der Waals surface area (Å²) in [5, 5.41) is 17.9. The summed E-state index contributed by atoms with van der Waals surface area (Å²) in [6, 6.07) is -1.19.